The summed E-state index contributed by atoms with van der Waals surface area (Å²) < 4.78 is 7.67. The zero-order valence-electron chi connectivity index (χ0n) is 17.8. The van der Waals surface area contributed by atoms with E-state index in [1.807, 2.05) is 58.9 Å². The lowest BCUT2D eigenvalue weighted by molar-refractivity contribution is 0.0785. The minimum Gasteiger partial charge on any atom is -0.493 e. The van der Waals surface area contributed by atoms with Crippen LogP contribution in [0.1, 0.15) is 39.8 Å². The van der Waals surface area contributed by atoms with Crippen LogP contribution in [-0.2, 0) is 6.42 Å². The van der Waals surface area contributed by atoms with Gasteiger partial charge in [-0.2, -0.15) is 5.10 Å². The monoisotopic (exact) mass is 449 g/mol. The zero-order chi connectivity index (χ0) is 22.1. The fourth-order valence-corrected chi connectivity index (χ4v) is 4.34. The van der Waals surface area contributed by atoms with Gasteiger partial charge in [-0.25, -0.2) is 4.98 Å². The van der Waals surface area contributed by atoms with E-state index in [1.165, 1.54) is 0 Å². The summed E-state index contributed by atoms with van der Waals surface area (Å²) >= 11 is 5.99. The average Bonchev–Trinajstić information content (AvgIpc) is 3.53. The van der Waals surface area contributed by atoms with Gasteiger partial charge in [0.1, 0.15) is 17.1 Å². The maximum absolute atomic E-state index is 13.0. The number of aryl methyl sites for hydroxylation is 1. The summed E-state index contributed by atoms with van der Waals surface area (Å²) in [5.41, 5.74) is 4.37. The lowest BCUT2D eigenvalue weighted by atomic mass is 10.0. The van der Waals surface area contributed by atoms with Gasteiger partial charge in [-0.1, -0.05) is 23.7 Å². The van der Waals surface area contributed by atoms with Crippen molar-refractivity contribution >= 4 is 23.2 Å². The number of hydrogen-bond donors (Lipinski definition) is 1. The highest BCUT2D eigenvalue weighted by atomic mass is 35.5. The standard InChI is InChI=1S/C24H24ClN5O2/c1-16-4-3-9-29-15-22(26-23(16)29)24(31)30-10-7-17(14-30)21-13-19(27-28-21)8-11-32-20-6-2-5-18(25)12-20/h2-6,9,12-13,15,17H,7-8,10-11,14H2,1H3,(H,27,28)/t17-/m1/s1. The van der Waals surface area contributed by atoms with Crippen LogP contribution in [0, 0.1) is 6.92 Å². The predicted molar refractivity (Wildman–Crippen MR) is 122 cm³/mol. The van der Waals surface area contributed by atoms with Crippen molar-refractivity contribution in [3.63, 3.8) is 0 Å². The van der Waals surface area contributed by atoms with Crippen molar-refractivity contribution in [2.45, 2.75) is 25.7 Å². The molecule has 7 nitrogen and oxygen atoms in total. The van der Waals surface area contributed by atoms with Gasteiger partial charge >= 0.3 is 0 Å². The highest BCUT2D eigenvalue weighted by Gasteiger charge is 2.30. The number of nitrogens with one attached hydrogen (secondary N) is 1. The molecule has 0 radical (unpaired) electrons. The first kappa shape index (κ1) is 20.6. The molecule has 8 heteroatoms. The Bertz CT molecular complexity index is 1260. The second-order valence-corrected chi connectivity index (χ2v) is 8.60. The molecule has 4 aromatic rings. The van der Waals surface area contributed by atoms with Gasteiger partial charge in [0, 0.05) is 48.5 Å². The molecule has 1 fully saturated rings. The Labute approximate surface area is 191 Å². The average molecular weight is 450 g/mol. The van der Waals surface area contributed by atoms with Crippen LogP contribution in [0.3, 0.4) is 0 Å². The number of imidazole rings is 1. The highest BCUT2D eigenvalue weighted by molar-refractivity contribution is 6.30. The normalized spacial score (nSPS) is 16.1. The Morgan fingerprint density at radius 3 is 3.03 bits per heavy atom. The van der Waals surface area contributed by atoms with Crippen LogP contribution in [0.15, 0.2) is 54.9 Å². The van der Waals surface area contributed by atoms with Crippen molar-refractivity contribution < 1.29 is 9.53 Å². The number of pyridine rings is 1. The maximum Gasteiger partial charge on any atom is 0.274 e. The van der Waals surface area contributed by atoms with Gasteiger partial charge in [0.25, 0.3) is 5.91 Å². The molecule has 1 N–H and O–H groups in total. The van der Waals surface area contributed by atoms with E-state index in [2.05, 4.69) is 21.2 Å². The van der Waals surface area contributed by atoms with Crippen LogP contribution in [0.4, 0.5) is 0 Å². The summed E-state index contributed by atoms with van der Waals surface area (Å²) in [5.74, 6) is 0.946. The second-order valence-electron chi connectivity index (χ2n) is 8.16. The Hall–Kier alpha value is -3.32. The first-order valence-corrected chi connectivity index (χ1v) is 11.1. The minimum absolute atomic E-state index is 0.0266. The van der Waals surface area contributed by atoms with Gasteiger partial charge in [0.05, 0.1) is 12.3 Å². The van der Waals surface area contributed by atoms with Gasteiger partial charge in [-0.15, -0.1) is 0 Å². The molecule has 0 unspecified atom stereocenters. The van der Waals surface area contributed by atoms with Gasteiger partial charge in [0.15, 0.2) is 0 Å². The maximum atomic E-state index is 13.0. The van der Waals surface area contributed by atoms with Gasteiger partial charge in [-0.05, 0) is 49.2 Å². The molecule has 1 atom stereocenters. The van der Waals surface area contributed by atoms with Crippen molar-refractivity contribution in [3.05, 3.63) is 82.5 Å². The SMILES string of the molecule is Cc1cccn2cc(C(=O)N3CC[C@@H](c4cc(CCOc5cccc(Cl)c5)[nH]n4)C3)nc12. The number of likely N-dealkylation sites (tertiary alicyclic amines) is 1. The molecule has 0 spiro atoms. The Morgan fingerprint density at radius 2 is 2.19 bits per heavy atom. The number of halogens is 1. The molecule has 1 aromatic carbocycles. The first-order chi connectivity index (χ1) is 15.6. The number of ether oxygens (including phenoxy) is 1. The van der Waals surface area contributed by atoms with E-state index in [0.29, 0.717) is 30.4 Å². The molecule has 0 saturated carbocycles. The number of fused-ring (bicyclic) bond motifs is 1. The summed E-state index contributed by atoms with van der Waals surface area (Å²) in [7, 11) is 0. The van der Waals surface area contributed by atoms with Gasteiger partial charge in [-0.3, -0.25) is 9.89 Å². The Kier molecular flexibility index (Phi) is 5.57. The summed E-state index contributed by atoms with van der Waals surface area (Å²) in [4.78, 5) is 19.4. The van der Waals surface area contributed by atoms with Gasteiger partial charge < -0.3 is 14.0 Å². The van der Waals surface area contributed by atoms with Crippen molar-refractivity contribution in [3.8, 4) is 5.75 Å². The molecule has 0 bridgehead atoms. The molecular formula is C24H24ClN5O2. The molecule has 1 saturated heterocycles. The molecule has 1 amide bonds. The van der Waals surface area contributed by atoms with Crippen LogP contribution in [0.2, 0.25) is 5.02 Å². The number of carbonyl (C=O) groups excluding carboxylic acids is 1. The third kappa shape index (κ3) is 4.21. The summed E-state index contributed by atoms with van der Waals surface area (Å²) in [6.45, 7) is 3.88. The summed E-state index contributed by atoms with van der Waals surface area (Å²) in [6.07, 6.45) is 5.34. The number of hydrogen-bond acceptors (Lipinski definition) is 4. The van der Waals surface area contributed by atoms with Crippen LogP contribution in [-0.4, -0.2) is 50.1 Å². The van der Waals surface area contributed by atoms with Crippen molar-refractivity contribution in [1.82, 2.24) is 24.5 Å². The molecule has 1 aliphatic rings. The van der Waals surface area contributed by atoms with Gasteiger partial charge in [0.2, 0.25) is 0 Å². The van der Waals surface area contributed by atoms with Crippen LogP contribution in [0.5, 0.6) is 5.75 Å². The lowest BCUT2D eigenvalue weighted by Gasteiger charge is -2.14. The molecule has 32 heavy (non-hydrogen) atoms. The molecule has 164 valence electrons. The number of carbonyl (C=O) groups is 1. The lowest BCUT2D eigenvalue weighted by Crippen LogP contribution is -2.28. The smallest absolute Gasteiger partial charge is 0.274 e. The van der Waals surface area contributed by atoms with E-state index in [-0.39, 0.29) is 11.8 Å². The predicted octanol–water partition coefficient (Wildman–Crippen LogP) is 4.27. The third-order valence-electron chi connectivity index (χ3n) is 5.88. The number of aromatic amines is 1. The molecule has 1 aliphatic heterocycles. The number of rotatable bonds is 6. The summed E-state index contributed by atoms with van der Waals surface area (Å²) in [6, 6.07) is 13.4. The number of nitrogens with zero attached hydrogens (tertiary/aromatic N) is 4. The number of benzene rings is 1. The van der Waals surface area contributed by atoms with E-state index in [0.717, 1.165) is 41.2 Å². The second kappa shape index (κ2) is 8.67. The summed E-state index contributed by atoms with van der Waals surface area (Å²) in [5, 5.41) is 8.25. The van der Waals surface area contributed by atoms with Crippen LogP contribution < -0.4 is 4.74 Å². The quantitative estimate of drug-likeness (QED) is 0.477. The molecule has 3 aromatic heterocycles. The van der Waals surface area contributed by atoms with E-state index in [4.69, 9.17) is 16.3 Å². The third-order valence-corrected chi connectivity index (χ3v) is 6.11. The zero-order valence-corrected chi connectivity index (χ0v) is 18.5. The van der Waals surface area contributed by atoms with Crippen LogP contribution >= 0.6 is 11.6 Å². The van der Waals surface area contributed by atoms with Crippen molar-refractivity contribution in [2.24, 2.45) is 0 Å². The van der Waals surface area contributed by atoms with Crippen LogP contribution in [0.25, 0.3) is 5.65 Å². The fraction of sp³-hybridized carbons (Fsp3) is 0.292. The Morgan fingerprint density at radius 1 is 1.28 bits per heavy atom. The molecule has 0 aliphatic carbocycles. The minimum atomic E-state index is -0.0266. The van der Waals surface area contributed by atoms with E-state index in [1.54, 1.807) is 6.07 Å². The first-order valence-electron chi connectivity index (χ1n) is 10.7. The number of aromatic nitrogens is 4. The van der Waals surface area contributed by atoms with E-state index >= 15 is 0 Å². The fourth-order valence-electron chi connectivity index (χ4n) is 4.16. The van der Waals surface area contributed by atoms with E-state index in [9.17, 15) is 4.79 Å². The highest BCUT2D eigenvalue weighted by Crippen LogP contribution is 2.27. The van der Waals surface area contributed by atoms with Crippen molar-refractivity contribution in [1.29, 1.82) is 0 Å². The Balaban J connectivity index is 1.18. The molecule has 4 heterocycles. The topological polar surface area (TPSA) is 75.5 Å². The number of H-pyrrole nitrogens is 1. The van der Waals surface area contributed by atoms with E-state index < -0.39 is 0 Å². The number of amides is 1. The van der Waals surface area contributed by atoms with Crippen molar-refractivity contribution in [2.75, 3.05) is 19.7 Å². The molecule has 5 rings (SSSR count). The molecular weight excluding hydrogens is 426 g/mol. The largest absolute Gasteiger partial charge is 0.493 e.